The minimum atomic E-state index is -6.10. The van der Waals surface area contributed by atoms with Gasteiger partial charge in [-0.2, -0.15) is 26.3 Å². The van der Waals surface area contributed by atoms with Crippen LogP contribution in [0.2, 0.25) is 0 Å². The zero-order valence-electron chi connectivity index (χ0n) is 8.20. The SMILES string of the molecule is OC(c1ccc(Br)cc1F)(C(F)(F)F)C(F)(F)F. The highest BCUT2D eigenvalue weighted by molar-refractivity contribution is 9.10. The van der Waals surface area contributed by atoms with Crippen molar-refractivity contribution < 1.29 is 35.8 Å². The fraction of sp³-hybridized carbons (Fsp3) is 0.333. The van der Waals surface area contributed by atoms with Crippen LogP contribution >= 0.6 is 15.9 Å². The molecule has 0 radical (unpaired) electrons. The van der Waals surface area contributed by atoms with E-state index in [4.69, 9.17) is 5.11 Å². The van der Waals surface area contributed by atoms with Gasteiger partial charge in [0.15, 0.2) is 0 Å². The van der Waals surface area contributed by atoms with Crippen LogP contribution < -0.4 is 0 Å². The highest BCUT2D eigenvalue weighted by Gasteiger charge is 2.72. The first-order valence-corrected chi connectivity index (χ1v) is 5.02. The fourth-order valence-corrected chi connectivity index (χ4v) is 1.58. The van der Waals surface area contributed by atoms with E-state index in [9.17, 15) is 30.7 Å². The Morgan fingerprint density at radius 1 is 0.944 bits per heavy atom. The van der Waals surface area contributed by atoms with Crippen LogP contribution in [0, 0.1) is 5.82 Å². The normalized spacial score (nSPS) is 13.8. The van der Waals surface area contributed by atoms with E-state index in [2.05, 4.69) is 15.9 Å². The predicted molar refractivity (Wildman–Crippen MR) is 50.1 cm³/mol. The Hall–Kier alpha value is -0.830. The van der Waals surface area contributed by atoms with Gasteiger partial charge in [0, 0.05) is 10.0 Å². The van der Waals surface area contributed by atoms with Gasteiger partial charge in [-0.05, 0) is 12.1 Å². The van der Waals surface area contributed by atoms with E-state index in [1.165, 1.54) is 0 Å². The van der Waals surface area contributed by atoms with Crippen molar-refractivity contribution in [2.24, 2.45) is 0 Å². The molecule has 18 heavy (non-hydrogen) atoms. The average molecular weight is 341 g/mol. The van der Waals surface area contributed by atoms with Crippen molar-refractivity contribution in [2.45, 2.75) is 18.0 Å². The largest absolute Gasteiger partial charge is 0.430 e. The van der Waals surface area contributed by atoms with Crippen molar-refractivity contribution in [2.75, 3.05) is 0 Å². The van der Waals surface area contributed by atoms with Crippen molar-refractivity contribution >= 4 is 15.9 Å². The first-order valence-electron chi connectivity index (χ1n) is 4.22. The van der Waals surface area contributed by atoms with Gasteiger partial charge < -0.3 is 5.11 Å². The molecule has 1 aromatic rings. The highest BCUT2D eigenvalue weighted by Crippen LogP contribution is 2.50. The minimum Gasteiger partial charge on any atom is -0.369 e. The molecule has 0 aliphatic rings. The van der Waals surface area contributed by atoms with Crippen molar-refractivity contribution in [3.8, 4) is 0 Å². The van der Waals surface area contributed by atoms with Crippen LogP contribution in [0.15, 0.2) is 22.7 Å². The summed E-state index contributed by atoms with van der Waals surface area (Å²) in [4.78, 5) is 0. The molecule has 0 saturated carbocycles. The predicted octanol–water partition coefficient (Wildman–Crippen LogP) is 3.90. The van der Waals surface area contributed by atoms with Gasteiger partial charge in [0.25, 0.3) is 5.60 Å². The van der Waals surface area contributed by atoms with Crippen molar-refractivity contribution in [3.05, 3.63) is 34.1 Å². The lowest BCUT2D eigenvalue weighted by atomic mass is 9.92. The molecule has 0 heterocycles. The molecule has 1 nitrogen and oxygen atoms in total. The second kappa shape index (κ2) is 4.37. The zero-order valence-corrected chi connectivity index (χ0v) is 9.79. The lowest BCUT2D eigenvalue weighted by Gasteiger charge is -2.32. The number of rotatable bonds is 1. The summed E-state index contributed by atoms with van der Waals surface area (Å²) in [5.74, 6) is -1.82. The average Bonchev–Trinajstić information content (AvgIpc) is 2.12. The van der Waals surface area contributed by atoms with E-state index in [-0.39, 0.29) is 10.5 Å². The Kier molecular flexibility index (Phi) is 3.70. The van der Waals surface area contributed by atoms with E-state index in [1.54, 1.807) is 0 Å². The maximum absolute atomic E-state index is 13.2. The molecular weight excluding hydrogens is 337 g/mol. The number of aliphatic hydroxyl groups is 1. The Balaban J connectivity index is 3.56. The summed E-state index contributed by atoms with van der Waals surface area (Å²) in [6, 6.07) is 1.39. The summed E-state index contributed by atoms with van der Waals surface area (Å²) in [7, 11) is 0. The van der Waals surface area contributed by atoms with Crippen LogP contribution in [-0.2, 0) is 5.60 Å². The van der Waals surface area contributed by atoms with Crippen LogP contribution in [-0.4, -0.2) is 17.5 Å². The third kappa shape index (κ3) is 2.33. The van der Waals surface area contributed by atoms with Crippen molar-refractivity contribution in [1.29, 1.82) is 0 Å². The molecule has 1 aromatic carbocycles. The number of alkyl halides is 6. The van der Waals surface area contributed by atoms with E-state index >= 15 is 0 Å². The summed E-state index contributed by atoms with van der Waals surface area (Å²) in [5.41, 5.74) is -7.14. The quantitative estimate of drug-likeness (QED) is 0.769. The van der Waals surface area contributed by atoms with Gasteiger partial charge in [-0.15, -0.1) is 0 Å². The van der Waals surface area contributed by atoms with Gasteiger partial charge in [-0.3, -0.25) is 0 Å². The first kappa shape index (κ1) is 15.2. The Labute approximate surface area is 104 Å². The maximum atomic E-state index is 13.2. The molecule has 0 amide bonds. The van der Waals surface area contributed by atoms with Crippen LogP contribution in [0.25, 0.3) is 0 Å². The molecule has 0 aliphatic heterocycles. The molecule has 102 valence electrons. The number of halogens is 8. The number of benzene rings is 1. The molecule has 0 aromatic heterocycles. The van der Waals surface area contributed by atoms with E-state index in [0.29, 0.717) is 6.07 Å². The molecule has 0 fully saturated rings. The smallest absolute Gasteiger partial charge is 0.369 e. The monoisotopic (exact) mass is 340 g/mol. The zero-order chi connectivity index (χ0) is 14.4. The number of hydrogen-bond donors (Lipinski definition) is 1. The maximum Gasteiger partial charge on any atom is 0.430 e. The van der Waals surface area contributed by atoms with Crippen LogP contribution in [0.1, 0.15) is 5.56 Å². The van der Waals surface area contributed by atoms with Crippen LogP contribution in [0.3, 0.4) is 0 Å². The van der Waals surface area contributed by atoms with Gasteiger partial charge in [0.1, 0.15) is 5.82 Å². The fourth-order valence-electron chi connectivity index (χ4n) is 1.25. The van der Waals surface area contributed by atoms with Crippen molar-refractivity contribution in [1.82, 2.24) is 0 Å². The number of hydrogen-bond acceptors (Lipinski definition) is 1. The summed E-state index contributed by atoms with van der Waals surface area (Å²) < 4.78 is 87.7. The van der Waals surface area contributed by atoms with Crippen molar-refractivity contribution in [3.63, 3.8) is 0 Å². The molecule has 0 spiro atoms. The van der Waals surface area contributed by atoms with E-state index < -0.39 is 29.3 Å². The molecular formula is C9H4BrF7O. The Morgan fingerprint density at radius 3 is 1.72 bits per heavy atom. The third-order valence-corrected chi connectivity index (χ3v) is 2.63. The molecule has 0 aliphatic carbocycles. The van der Waals surface area contributed by atoms with Gasteiger partial charge in [-0.1, -0.05) is 22.0 Å². The lowest BCUT2D eigenvalue weighted by Crippen LogP contribution is -2.54. The van der Waals surface area contributed by atoms with Gasteiger partial charge in [0.2, 0.25) is 0 Å². The van der Waals surface area contributed by atoms with E-state index in [0.717, 1.165) is 6.07 Å². The molecule has 0 bridgehead atoms. The topological polar surface area (TPSA) is 20.2 Å². The second-order valence-electron chi connectivity index (χ2n) is 3.33. The van der Waals surface area contributed by atoms with Crippen LogP contribution in [0.5, 0.6) is 0 Å². The Morgan fingerprint density at radius 2 is 1.39 bits per heavy atom. The van der Waals surface area contributed by atoms with Gasteiger partial charge in [0.05, 0.1) is 0 Å². The molecule has 0 atom stereocenters. The summed E-state index contributed by atoms with van der Waals surface area (Å²) in [6.07, 6.45) is -12.2. The minimum absolute atomic E-state index is 0.0598. The van der Waals surface area contributed by atoms with Gasteiger partial charge in [-0.25, -0.2) is 4.39 Å². The molecule has 0 saturated heterocycles. The second-order valence-corrected chi connectivity index (χ2v) is 4.25. The summed E-state index contributed by atoms with van der Waals surface area (Å²) in [5, 5.41) is 8.92. The third-order valence-electron chi connectivity index (χ3n) is 2.14. The highest BCUT2D eigenvalue weighted by atomic mass is 79.9. The summed E-state index contributed by atoms with van der Waals surface area (Å²) >= 11 is 2.68. The molecule has 1 N–H and O–H groups in total. The van der Waals surface area contributed by atoms with Gasteiger partial charge >= 0.3 is 12.4 Å². The summed E-state index contributed by atoms with van der Waals surface area (Å²) in [6.45, 7) is 0. The van der Waals surface area contributed by atoms with E-state index in [1.807, 2.05) is 0 Å². The molecule has 9 heteroatoms. The molecule has 1 rings (SSSR count). The lowest BCUT2D eigenvalue weighted by molar-refractivity contribution is -0.377. The standard InChI is InChI=1S/C9H4BrF7O/c10-4-1-2-5(6(11)3-4)7(18,8(12,13)14)9(15,16)17/h1-3,18H. The molecule has 0 unspecified atom stereocenters. The van der Waals surface area contributed by atoms with Crippen LogP contribution in [0.4, 0.5) is 30.7 Å². The first-order chi connectivity index (χ1) is 7.91. The Bertz CT molecular complexity index is 437.